The number of likely N-dealkylation sites (tertiary alicyclic amines) is 1. The zero-order valence-electron chi connectivity index (χ0n) is 20.8. The Balaban J connectivity index is 1.37. The van der Waals surface area contributed by atoms with E-state index in [0.29, 0.717) is 37.9 Å². The highest BCUT2D eigenvalue weighted by Gasteiger charge is 2.42. The van der Waals surface area contributed by atoms with Crippen LogP contribution in [0.2, 0.25) is 0 Å². The number of benzene rings is 3. The molecule has 6 heteroatoms. The van der Waals surface area contributed by atoms with Gasteiger partial charge in [-0.15, -0.1) is 0 Å². The van der Waals surface area contributed by atoms with Crippen molar-refractivity contribution in [3.8, 4) is 11.1 Å². The van der Waals surface area contributed by atoms with Gasteiger partial charge >= 0.3 is 5.97 Å². The van der Waals surface area contributed by atoms with E-state index in [1.54, 1.807) is 12.1 Å². The summed E-state index contributed by atoms with van der Waals surface area (Å²) in [6.07, 6.45) is 1.30. The number of carbonyl (C=O) groups excluding carboxylic acids is 2. The van der Waals surface area contributed by atoms with E-state index in [-0.39, 0.29) is 18.1 Å². The van der Waals surface area contributed by atoms with Gasteiger partial charge in [-0.2, -0.15) is 0 Å². The van der Waals surface area contributed by atoms with Crippen molar-refractivity contribution < 1.29 is 19.5 Å². The van der Waals surface area contributed by atoms with Gasteiger partial charge in [0.05, 0.1) is 11.8 Å². The van der Waals surface area contributed by atoms with E-state index in [9.17, 15) is 19.5 Å². The van der Waals surface area contributed by atoms with Crippen LogP contribution in [-0.2, 0) is 16.0 Å². The third-order valence-corrected chi connectivity index (χ3v) is 7.09. The van der Waals surface area contributed by atoms with Crippen molar-refractivity contribution in [1.82, 2.24) is 4.90 Å². The lowest BCUT2D eigenvalue weighted by Crippen LogP contribution is -2.44. The molecule has 6 nitrogen and oxygen atoms in total. The van der Waals surface area contributed by atoms with Crippen LogP contribution < -0.4 is 5.32 Å². The number of nitrogens with zero attached hydrogens (tertiary/aromatic N) is 1. The lowest BCUT2D eigenvalue weighted by atomic mass is 9.74. The second-order valence-electron chi connectivity index (χ2n) is 9.85. The fourth-order valence-corrected chi connectivity index (χ4v) is 4.61. The lowest BCUT2D eigenvalue weighted by molar-refractivity contribution is -0.151. The summed E-state index contributed by atoms with van der Waals surface area (Å²) >= 11 is 0. The minimum atomic E-state index is -0.984. The Hall–Kier alpha value is -3.77. The van der Waals surface area contributed by atoms with Crippen LogP contribution in [0, 0.1) is 12.3 Å². The number of amides is 1. The maximum Gasteiger partial charge on any atom is 0.310 e. The number of carboxylic acids is 1. The number of rotatable bonds is 8. The third-order valence-electron chi connectivity index (χ3n) is 7.09. The van der Waals surface area contributed by atoms with Gasteiger partial charge in [-0.05, 0) is 68.7 Å². The molecule has 36 heavy (non-hydrogen) atoms. The maximum atomic E-state index is 12.9. The molecule has 0 aliphatic carbocycles. The van der Waals surface area contributed by atoms with Crippen LogP contribution in [0.15, 0.2) is 72.8 Å². The Morgan fingerprint density at radius 1 is 0.861 bits per heavy atom. The van der Waals surface area contributed by atoms with Crippen molar-refractivity contribution in [3.63, 3.8) is 0 Å². The summed E-state index contributed by atoms with van der Waals surface area (Å²) in [7, 11) is 1.97. The summed E-state index contributed by atoms with van der Waals surface area (Å²) in [5, 5.41) is 12.8. The predicted molar refractivity (Wildman–Crippen MR) is 141 cm³/mol. The zero-order chi connectivity index (χ0) is 25.7. The van der Waals surface area contributed by atoms with Crippen molar-refractivity contribution in [2.24, 2.45) is 5.41 Å². The molecule has 0 spiro atoms. The molecular weight excluding hydrogens is 452 g/mol. The number of nitrogens with one attached hydrogen (secondary N) is 1. The number of anilines is 1. The zero-order valence-corrected chi connectivity index (χ0v) is 20.8. The number of Topliss-reactive ketones (excluding diaryl/α,β-unsaturated/α-hetero) is 1. The van der Waals surface area contributed by atoms with Crippen LogP contribution in [-0.4, -0.2) is 47.8 Å². The molecular formula is C30H32N2O4. The Kier molecular flexibility index (Phi) is 7.65. The van der Waals surface area contributed by atoms with Gasteiger partial charge in [0.2, 0.25) is 5.91 Å². The van der Waals surface area contributed by atoms with E-state index in [1.807, 2.05) is 74.6 Å². The Bertz CT molecular complexity index is 1220. The Morgan fingerprint density at radius 2 is 1.42 bits per heavy atom. The van der Waals surface area contributed by atoms with Gasteiger partial charge in [0.25, 0.3) is 0 Å². The second kappa shape index (κ2) is 10.9. The standard InChI is InChI=1S/C30H32N2O4/c1-21-3-5-22(6-4-21)19-28(34)31-26-13-11-24(12-14-26)23-7-9-25(10-8-23)27(33)20-30(29(35)36)15-17-32(2)18-16-30/h3-14H,15-20H2,1-2H3,(H,31,34)(H,35,36). The highest BCUT2D eigenvalue weighted by atomic mass is 16.4. The number of piperidine rings is 1. The topological polar surface area (TPSA) is 86.7 Å². The van der Waals surface area contributed by atoms with Crippen molar-refractivity contribution in [3.05, 3.63) is 89.5 Å². The van der Waals surface area contributed by atoms with Gasteiger partial charge in [-0.25, -0.2) is 0 Å². The van der Waals surface area contributed by atoms with Crippen LogP contribution in [0.4, 0.5) is 5.69 Å². The number of hydrogen-bond donors (Lipinski definition) is 2. The number of carbonyl (C=O) groups is 3. The number of hydrogen-bond acceptors (Lipinski definition) is 4. The van der Waals surface area contributed by atoms with Crippen molar-refractivity contribution in [1.29, 1.82) is 0 Å². The van der Waals surface area contributed by atoms with Gasteiger partial charge < -0.3 is 15.3 Å². The first-order valence-corrected chi connectivity index (χ1v) is 12.3. The maximum absolute atomic E-state index is 12.9. The van der Waals surface area contributed by atoms with Gasteiger partial charge in [-0.3, -0.25) is 14.4 Å². The smallest absolute Gasteiger partial charge is 0.310 e. The normalized spacial score (nSPS) is 15.3. The third kappa shape index (κ3) is 6.07. The molecule has 4 rings (SSSR count). The van der Waals surface area contributed by atoms with Crippen LogP contribution in [0.5, 0.6) is 0 Å². The molecule has 0 unspecified atom stereocenters. The fraction of sp³-hybridized carbons (Fsp3) is 0.300. The molecule has 2 N–H and O–H groups in total. The van der Waals surface area contributed by atoms with E-state index in [2.05, 4.69) is 10.2 Å². The summed E-state index contributed by atoms with van der Waals surface area (Å²) in [6, 6.07) is 22.8. The highest BCUT2D eigenvalue weighted by molar-refractivity contribution is 5.99. The molecule has 0 atom stereocenters. The van der Waals surface area contributed by atoms with E-state index >= 15 is 0 Å². The van der Waals surface area contributed by atoms with Crippen LogP contribution in [0.3, 0.4) is 0 Å². The monoisotopic (exact) mass is 484 g/mol. The average molecular weight is 485 g/mol. The summed E-state index contributed by atoms with van der Waals surface area (Å²) in [5.74, 6) is -1.09. The molecule has 0 bridgehead atoms. The summed E-state index contributed by atoms with van der Waals surface area (Å²) in [4.78, 5) is 39.4. The summed E-state index contributed by atoms with van der Waals surface area (Å²) in [5.41, 5.74) is 4.29. The molecule has 1 fully saturated rings. The highest BCUT2D eigenvalue weighted by Crippen LogP contribution is 2.36. The fourth-order valence-electron chi connectivity index (χ4n) is 4.61. The molecule has 0 radical (unpaired) electrons. The van der Waals surface area contributed by atoms with Gasteiger partial charge in [0.1, 0.15) is 0 Å². The van der Waals surface area contributed by atoms with E-state index in [4.69, 9.17) is 0 Å². The quantitative estimate of drug-likeness (QED) is 0.429. The number of aryl methyl sites for hydroxylation is 1. The second-order valence-corrected chi connectivity index (χ2v) is 9.85. The minimum absolute atomic E-state index is 0.0203. The number of carboxylic acid groups (broad SMARTS) is 1. The molecule has 1 aliphatic heterocycles. The van der Waals surface area contributed by atoms with Gasteiger partial charge in [-0.1, -0.05) is 66.2 Å². The summed E-state index contributed by atoms with van der Waals surface area (Å²) in [6.45, 7) is 3.38. The summed E-state index contributed by atoms with van der Waals surface area (Å²) < 4.78 is 0. The molecule has 3 aromatic carbocycles. The van der Waals surface area contributed by atoms with Gasteiger partial charge in [0, 0.05) is 17.7 Å². The lowest BCUT2D eigenvalue weighted by Gasteiger charge is -2.36. The first kappa shape index (κ1) is 25.3. The van der Waals surface area contributed by atoms with Crippen molar-refractivity contribution in [2.45, 2.75) is 32.6 Å². The molecule has 186 valence electrons. The first-order chi connectivity index (χ1) is 17.2. The van der Waals surface area contributed by atoms with E-state index in [0.717, 1.165) is 27.9 Å². The number of ketones is 1. The Labute approximate surface area is 212 Å². The predicted octanol–water partition coefficient (Wildman–Crippen LogP) is 5.21. The molecule has 0 saturated carbocycles. The van der Waals surface area contributed by atoms with Crippen molar-refractivity contribution >= 4 is 23.3 Å². The van der Waals surface area contributed by atoms with Crippen LogP contribution >= 0.6 is 0 Å². The van der Waals surface area contributed by atoms with E-state index < -0.39 is 11.4 Å². The minimum Gasteiger partial charge on any atom is -0.481 e. The molecule has 1 aliphatic rings. The first-order valence-electron chi connectivity index (χ1n) is 12.3. The van der Waals surface area contributed by atoms with Crippen LogP contribution in [0.25, 0.3) is 11.1 Å². The van der Waals surface area contributed by atoms with Gasteiger partial charge in [0.15, 0.2) is 5.78 Å². The SMILES string of the molecule is Cc1ccc(CC(=O)Nc2ccc(-c3ccc(C(=O)CC4(C(=O)O)CCN(C)CC4)cc3)cc2)cc1. The van der Waals surface area contributed by atoms with Crippen molar-refractivity contribution in [2.75, 3.05) is 25.5 Å². The average Bonchev–Trinajstić information content (AvgIpc) is 2.87. The number of aliphatic carboxylic acids is 1. The molecule has 3 aromatic rings. The molecule has 0 aromatic heterocycles. The molecule has 1 amide bonds. The molecule has 1 saturated heterocycles. The largest absolute Gasteiger partial charge is 0.481 e. The Morgan fingerprint density at radius 3 is 1.97 bits per heavy atom. The van der Waals surface area contributed by atoms with Crippen LogP contribution in [0.1, 0.15) is 40.7 Å². The molecule has 1 heterocycles. The van der Waals surface area contributed by atoms with E-state index in [1.165, 1.54) is 0 Å².